The Morgan fingerprint density at radius 3 is 2.72 bits per heavy atom. The van der Waals surface area contributed by atoms with Crippen molar-refractivity contribution in [1.29, 1.82) is 0 Å². The van der Waals surface area contributed by atoms with Crippen molar-refractivity contribution in [3.63, 3.8) is 0 Å². The topological polar surface area (TPSA) is 21.3 Å². The van der Waals surface area contributed by atoms with Crippen molar-refractivity contribution in [1.82, 2.24) is 5.48 Å². The van der Waals surface area contributed by atoms with Gasteiger partial charge in [0.05, 0.1) is 11.6 Å². The van der Waals surface area contributed by atoms with Crippen LogP contribution in [0.25, 0.3) is 0 Å². The van der Waals surface area contributed by atoms with Crippen LogP contribution in [0.2, 0.25) is 0 Å². The molecule has 1 heterocycles. The molecular formula is C13H14F3NO. The third-order valence-electron chi connectivity index (χ3n) is 4.06. The average molecular weight is 257 g/mol. The third-order valence-corrected chi connectivity index (χ3v) is 4.06. The van der Waals surface area contributed by atoms with Gasteiger partial charge < -0.3 is 0 Å². The van der Waals surface area contributed by atoms with Gasteiger partial charge in [0.15, 0.2) is 0 Å². The van der Waals surface area contributed by atoms with Gasteiger partial charge in [0.1, 0.15) is 5.82 Å². The van der Waals surface area contributed by atoms with Crippen LogP contribution in [0, 0.1) is 11.7 Å². The maximum absolute atomic E-state index is 13.9. The van der Waals surface area contributed by atoms with Gasteiger partial charge in [0.2, 0.25) is 0 Å². The molecule has 0 radical (unpaired) electrons. The molecule has 1 N–H and O–H groups in total. The summed E-state index contributed by atoms with van der Waals surface area (Å²) < 4.78 is 40.7. The van der Waals surface area contributed by atoms with E-state index < -0.39 is 29.3 Å². The second kappa shape index (κ2) is 3.71. The van der Waals surface area contributed by atoms with Crippen LogP contribution < -0.4 is 5.48 Å². The standard InChI is InChI=1S/C13H14F3NO/c1-12(8-4-2-3-5-10(8)14)9-6-13(15,16)7-11(9)18-17-12/h2-5,9,11,17H,6-7H2,1H3/t9?,11-,12-/m1/s1. The van der Waals surface area contributed by atoms with E-state index in [-0.39, 0.29) is 12.8 Å². The molecule has 98 valence electrons. The van der Waals surface area contributed by atoms with Gasteiger partial charge in [-0.25, -0.2) is 13.2 Å². The second-order valence-electron chi connectivity index (χ2n) is 5.31. The molecule has 0 amide bonds. The van der Waals surface area contributed by atoms with Crippen LogP contribution in [-0.2, 0) is 10.4 Å². The predicted octanol–water partition coefficient (Wildman–Crippen LogP) is 2.99. The van der Waals surface area contributed by atoms with Crippen molar-refractivity contribution >= 4 is 0 Å². The molecule has 18 heavy (non-hydrogen) atoms. The summed E-state index contributed by atoms with van der Waals surface area (Å²) in [5.74, 6) is -3.53. The first-order chi connectivity index (χ1) is 8.42. The minimum Gasteiger partial charge on any atom is -0.297 e. The first kappa shape index (κ1) is 12.0. The van der Waals surface area contributed by atoms with E-state index in [4.69, 9.17) is 4.84 Å². The molecule has 1 aromatic rings. The van der Waals surface area contributed by atoms with Crippen molar-refractivity contribution in [2.45, 2.75) is 37.3 Å². The molecule has 1 unspecified atom stereocenters. The molecule has 0 aromatic heterocycles. The van der Waals surface area contributed by atoms with Gasteiger partial charge in [0, 0.05) is 24.3 Å². The number of nitrogens with one attached hydrogen (secondary N) is 1. The van der Waals surface area contributed by atoms with Crippen LogP contribution in [0.5, 0.6) is 0 Å². The molecule has 0 bridgehead atoms. The third kappa shape index (κ3) is 1.65. The Morgan fingerprint density at radius 2 is 2.00 bits per heavy atom. The fraction of sp³-hybridized carbons (Fsp3) is 0.538. The van der Waals surface area contributed by atoms with Crippen LogP contribution >= 0.6 is 0 Å². The number of hydrogen-bond acceptors (Lipinski definition) is 2. The predicted molar refractivity (Wildman–Crippen MR) is 59.4 cm³/mol. The van der Waals surface area contributed by atoms with Crippen LogP contribution in [-0.4, -0.2) is 12.0 Å². The SMILES string of the molecule is C[C@]1(c2ccccc2F)NO[C@@H]2CC(F)(F)CC21. The first-order valence-electron chi connectivity index (χ1n) is 5.98. The molecule has 3 atom stereocenters. The van der Waals surface area contributed by atoms with Crippen molar-refractivity contribution in [2.24, 2.45) is 5.92 Å². The molecular weight excluding hydrogens is 243 g/mol. The Hall–Kier alpha value is -1.07. The Kier molecular flexibility index (Phi) is 2.47. The molecule has 1 saturated heterocycles. The largest absolute Gasteiger partial charge is 0.297 e. The lowest BCUT2D eigenvalue weighted by Crippen LogP contribution is -2.40. The van der Waals surface area contributed by atoms with E-state index in [9.17, 15) is 13.2 Å². The summed E-state index contributed by atoms with van der Waals surface area (Å²) in [5, 5.41) is 0. The Labute approximate surface area is 103 Å². The van der Waals surface area contributed by atoms with E-state index in [1.807, 2.05) is 0 Å². The van der Waals surface area contributed by atoms with Gasteiger partial charge in [-0.3, -0.25) is 4.84 Å². The maximum Gasteiger partial charge on any atom is 0.251 e. The molecule has 1 saturated carbocycles. The van der Waals surface area contributed by atoms with E-state index in [0.29, 0.717) is 5.56 Å². The van der Waals surface area contributed by atoms with Gasteiger partial charge in [-0.1, -0.05) is 18.2 Å². The lowest BCUT2D eigenvalue weighted by atomic mass is 9.79. The van der Waals surface area contributed by atoms with Crippen molar-refractivity contribution < 1.29 is 18.0 Å². The zero-order chi connectivity index (χ0) is 13.0. The van der Waals surface area contributed by atoms with E-state index in [1.54, 1.807) is 25.1 Å². The molecule has 3 rings (SSSR count). The summed E-state index contributed by atoms with van der Waals surface area (Å²) >= 11 is 0. The average Bonchev–Trinajstić information content (AvgIpc) is 2.76. The van der Waals surface area contributed by atoms with Crippen LogP contribution in [0.3, 0.4) is 0 Å². The molecule has 2 aliphatic rings. The second-order valence-corrected chi connectivity index (χ2v) is 5.31. The van der Waals surface area contributed by atoms with Gasteiger partial charge in [-0.15, -0.1) is 0 Å². The highest BCUT2D eigenvalue weighted by molar-refractivity contribution is 5.28. The molecule has 2 nitrogen and oxygen atoms in total. The summed E-state index contributed by atoms with van der Waals surface area (Å²) in [6.45, 7) is 1.72. The van der Waals surface area contributed by atoms with E-state index in [2.05, 4.69) is 5.48 Å². The highest BCUT2D eigenvalue weighted by Crippen LogP contribution is 2.51. The number of benzene rings is 1. The van der Waals surface area contributed by atoms with E-state index in [1.165, 1.54) is 6.07 Å². The summed E-state index contributed by atoms with van der Waals surface area (Å²) in [6.07, 6.45) is -1.12. The molecule has 1 aliphatic carbocycles. The number of rotatable bonds is 1. The number of hydroxylamine groups is 1. The number of halogens is 3. The van der Waals surface area contributed by atoms with Gasteiger partial charge in [0.25, 0.3) is 5.92 Å². The lowest BCUT2D eigenvalue weighted by molar-refractivity contribution is -0.0509. The van der Waals surface area contributed by atoms with Crippen LogP contribution in [0.4, 0.5) is 13.2 Å². The molecule has 2 fully saturated rings. The fourth-order valence-electron chi connectivity index (χ4n) is 3.08. The maximum atomic E-state index is 13.9. The minimum atomic E-state index is -2.72. The molecule has 1 aliphatic heterocycles. The highest BCUT2D eigenvalue weighted by atomic mass is 19.3. The number of fused-ring (bicyclic) bond motifs is 1. The number of hydrogen-bond donors (Lipinski definition) is 1. The highest BCUT2D eigenvalue weighted by Gasteiger charge is 2.59. The lowest BCUT2D eigenvalue weighted by Gasteiger charge is -2.30. The number of alkyl halides is 2. The first-order valence-corrected chi connectivity index (χ1v) is 5.98. The Bertz CT molecular complexity index is 479. The quantitative estimate of drug-likeness (QED) is 0.835. The van der Waals surface area contributed by atoms with Crippen molar-refractivity contribution in [3.05, 3.63) is 35.6 Å². The van der Waals surface area contributed by atoms with Crippen LogP contribution in [0.15, 0.2) is 24.3 Å². The van der Waals surface area contributed by atoms with E-state index in [0.717, 1.165) is 0 Å². The Morgan fingerprint density at radius 1 is 1.28 bits per heavy atom. The fourth-order valence-corrected chi connectivity index (χ4v) is 3.08. The molecule has 0 spiro atoms. The Balaban J connectivity index is 1.99. The summed E-state index contributed by atoms with van der Waals surface area (Å²) in [6, 6.07) is 6.23. The molecule has 5 heteroatoms. The van der Waals surface area contributed by atoms with Crippen LogP contribution in [0.1, 0.15) is 25.3 Å². The summed E-state index contributed by atoms with van der Waals surface area (Å²) in [7, 11) is 0. The van der Waals surface area contributed by atoms with Gasteiger partial charge >= 0.3 is 0 Å². The van der Waals surface area contributed by atoms with Crippen molar-refractivity contribution in [3.8, 4) is 0 Å². The smallest absolute Gasteiger partial charge is 0.251 e. The zero-order valence-corrected chi connectivity index (χ0v) is 9.92. The van der Waals surface area contributed by atoms with Gasteiger partial charge in [-0.05, 0) is 13.0 Å². The minimum absolute atomic E-state index is 0.268. The summed E-state index contributed by atoms with van der Waals surface area (Å²) in [4.78, 5) is 5.24. The van der Waals surface area contributed by atoms with Gasteiger partial charge in [-0.2, -0.15) is 5.48 Å². The van der Waals surface area contributed by atoms with E-state index >= 15 is 0 Å². The monoisotopic (exact) mass is 257 g/mol. The normalized spacial score (nSPS) is 37.8. The zero-order valence-electron chi connectivity index (χ0n) is 9.92. The van der Waals surface area contributed by atoms with Crippen molar-refractivity contribution in [2.75, 3.05) is 0 Å². The summed E-state index contributed by atoms with van der Waals surface area (Å²) in [5.41, 5.74) is 2.25. The molecule has 1 aromatic carbocycles.